The second-order valence-corrected chi connectivity index (χ2v) is 8.30. The first kappa shape index (κ1) is 18.1. The van der Waals surface area contributed by atoms with Gasteiger partial charge in [-0.3, -0.25) is 4.79 Å². The van der Waals surface area contributed by atoms with Gasteiger partial charge in [0.15, 0.2) is 5.60 Å². The molecule has 0 spiro atoms. The van der Waals surface area contributed by atoms with E-state index in [-0.39, 0.29) is 11.8 Å². The number of halogens is 2. The molecule has 5 nitrogen and oxygen atoms in total. The van der Waals surface area contributed by atoms with E-state index in [1.165, 1.54) is 0 Å². The summed E-state index contributed by atoms with van der Waals surface area (Å²) in [4.78, 5) is 16.3. The summed E-state index contributed by atoms with van der Waals surface area (Å²) < 4.78 is 7.12. The van der Waals surface area contributed by atoms with Gasteiger partial charge in [-0.1, -0.05) is 12.1 Å². The summed E-state index contributed by atoms with van der Waals surface area (Å²) >= 11 is 12.2. The first-order valence-corrected chi connectivity index (χ1v) is 8.94. The fourth-order valence-electron chi connectivity index (χ4n) is 2.61. The van der Waals surface area contributed by atoms with Crippen LogP contribution in [0.1, 0.15) is 31.7 Å². The van der Waals surface area contributed by atoms with Crippen LogP contribution in [0, 0.1) is 0 Å². The molecule has 3 rings (SSSR count). The van der Waals surface area contributed by atoms with E-state index in [4.69, 9.17) is 27.9 Å². The van der Waals surface area contributed by atoms with Gasteiger partial charge in [0, 0.05) is 31.4 Å². The Kier molecular flexibility index (Phi) is 4.98. The molecule has 1 atom stereocenters. The first-order valence-electron chi connectivity index (χ1n) is 8.19. The third-order valence-corrected chi connectivity index (χ3v) is 5.08. The zero-order valence-electron chi connectivity index (χ0n) is 14.2. The van der Waals surface area contributed by atoms with Crippen LogP contribution >= 0.6 is 23.2 Å². The number of amides is 1. The van der Waals surface area contributed by atoms with Crippen molar-refractivity contribution in [1.82, 2.24) is 14.9 Å². The number of nitrogens with zero attached hydrogens (tertiary/aromatic N) is 2. The monoisotopic (exact) mass is 381 g/mol. The maximum atomic E-state index is 12.4. The van der Waals surface area contributed by atoms with Crippen LogP contribution in [0.15, 0.2) is 43.0 Å². The van der Waals surface area contributed by atoms with E-state index in [2.05, 4.69) is 10.3 Å². The van der Waals surface area contributed by atoms with E-state index in [0.29, 0.717) is 18.8 Å². The molecule has 2 aromatic rings. The summed E-state index contributed by atoms with van der Waals surface area (Å²) in [5.41, 5.74) is 0.110. The molecule has 1 aromatic heterocycles. The van der Waals surface area contributed by atoms with E-state index in [1.54, 1.807) is 26.4 Å². The normalized spacial score (nSPS) is 18.6. The largest absolute Gasteiger partial charge is 0.478 e. The Hall–Kier alpha value is -1.72. The number of hydrogen-bond acceptors (Lipinski definition) is 3. The smallest absolute Gasteiger partial charge is 0.263 e. The van der Waals surface area contributed by atoms with Crippen molar-refractivity contribution in [2.24, 2.45) is 0 Å². The highest BCUT2D eigenvalue weighted by Gasteiger charge is 2.52. The third kappa shape index (κ3) is 4.47. The zero-order chi connectivity index (χ0) is 18.1. The molecule has 1 fully saturated rings. The average Bonchev–Trinajstić information content (AvgIpc) is 2.96. The van der Waals surface area contributed by atoms with E-state index in [9.17, 15) is 4.79 Å². The van der Waals surface area contributed by atoms with Crippen molar-refractivity contribution in [3.05, 3.63) is 48.5 Å². The first-order chi connectivity index (χ1) is 11.8. The Labute approximate surface area is 157 Å². The van der Waals surface area contributed by atoms with Crippen molar-refractivity contribution in [1.29, 1.82) is 0 Å². The molecule has 1 amide bonds. The van der Waals surface area contributed by atoms with Crippen LogP contribution in [-0.4, -0.2) is 31.9 Å². The summed E-state index contributed by atoms with van der Waals surface area (Å²) in [5.74, 6) is 0.637. The van der Waals surface area contributed by atoms with Gasteiger partial charge in [0.25, 0.3) is 5.91 Å². The Balaban J connectivity index is 1.52. The second kappa shape index (κ2) is 6.89. The van der Waals surface area contributed by atoms with Gasteiger partial charge in [-0.15, -0.1) is 23.2 Å². The van der Waals surface area contributed by atoms with Crippen molar-refractivity contribution < 1.29 is 9.53 Å². The molecule has 0 unspecified atom stereocenters. The van der Waals surface area contributed by atoms with E-state index < -0.39 is 9.93 Å². The van der Waals surface area contributed by atoms with Gasteiger partial charge in [0.05, 0.1) is 6.33 Å². The summed E-state index contributed by atoms with van der Waals surface area (Å²) in [6, 6.07) is 7.58. The SMILES string of the molecule is CC(C)(Oc1ccc([C@@H]2CC2(Cl)Cl)cc1)C(=O)NCCn1ccnc1. The molecule has 1 aliphatic carbocycles. The van der Waals surface area contributed by atoms with Gasteiger partial charge >= 0.3 is 0 Å². The Morgan fingerprint density at radius 3 is 2.64 bits per heavy atom. The zero-order valence-corrected chi connectivity index (χ0v) is 15.7. The average molecular weight is 382 g/mol. The summed E-state index contributed by atoms with van der Waals surface area (Å²) in [7, 11) is 0. The van der Waals surface area contributed by atoms with Crippen molar-refractivity contribution in [3.8, 4) is 5.75 Å². The summed E-state index contributed by atoms with van der Waals surface area (Å²) in [6.45, 7) is 4.67. The molecule has 0 bridgehead atoms. The van der Waals surface area contributed by atoms with Gasteiger partial charge in [-0.25, -0.2) is 4.98 Å². The molecular formula is C18H21Cl2N3O2. The minimum Gasteiger partial charge on any atom is -0.478 e. The number of rotatable bonds is 7. The maximum Gasteiger partial charge on any atom is 0.263 e. The maximum absolute atomic E-state index is 12.4. The number of imidazole rings is 1. The number of alkyl halides is 2. The van der Waals surface area contributed by atoms with E-state index in [1.807, 2.05) is 35.0 Å². The van der Waals surface area contributed by atoms with Crippen LogP contribution in [0.3, 0.4) is 0 Å². The summed E-state index contributed by atoms with van der Waals surface area (Å²) in [5, 5.41) is 2.88. The van der Waals surface area contributed by atoms with Crippen molar-refractivity contribution in [2.75, 3.05) is 6.54 Å². The molecule has 1 aliphatic rings. The molecule has 25 heavy (non-hydrogen) atoms. The fraction of sp³-hybridized carbons (Fsp3) is 0.444. The highest BCUT2D eigenvalue weighted by Crippen LogP contribution is 2.59. The van der Waals surface area contributed by atoms with Crippen molar-refractivity contribution >= 4 is 29.1 Å². The predicted molar refractivity (Wildman–Crippen MR) is 98.2 cm³/mol. The van der Waals surface area contributed by atoms with Gasteiger partial charge in [0.2, 0.25) is 0 Å². The van der Waals surface area contributed by atoms with Crippen LogP contribution in [0.2, 0.25) is 0 Å². The molecule has 1 aromatic carbocycles. The molecule has 1 heterocycles. The number of aromatic nitrogens is 2. The van der Waals surface area contributed by atoms with Gasteiger partial charge < -0.3 is 14.6 Å². The predicted octanol–water partition coefficient (Wildman–Crippen LogP) is 3.52. The molecule has 0 saturated heterocycles. The molecule has 7 heteroatoms. The lowest BCUT2D eigenvalue weighted by Crippen LogP contribution is -2.47. The molecule has 0 radical (unpaired) electrons. The molecule has 134 valence electrons. The van der Waals surface area contributed by atoms with Gasteiger partial charge in [-0.05, 0) is 38.0 Å². The van der Waals surface area contributed by atoms with E-state index >= 15 is 0 Å². The fourth-order valence-corrected chi connectivity index (χ4v) is 3.18. The highest BCUT2D eigenvalue weighted by atomic mass is 35.5. The molecular weight excluding hydrogens is 361 g/mol. The number of nitrogens with one attached hydrogen (secondary N) is 1. The van der Waals surface area contributed by atoms with Crippen LogP contribution in [0.25, 0.3) is 0 Å². The second-order valence-electron chi connectivity index (χ2n) is 6.76. The van der Waals surface area contributed by atoms with Crippen LogP contribution in [-0.2, 0) is 11.3 Å². The number of hydrogen-bond donors (Lipinski definition) is 1. The van der Waals surface area contributed by atoms with Gasteiger partial charge in [0.1, 0.15) is 10.1 Å². The Bertz CT molecular complexity index is 727. The molecule has 1 N–H and O–H groups in total. The summed E-state index contributed by atoms with van der Waals surface area (Å²) in [6.07, 6.45) is 6.04. The lowest BCUT2D eigenvalue weighted by Gasteiger charge is -2.25. The Morgan fingerprint density at radius 1 is 1.40 bits per heavy atom. The molecule has 1 saturated carbocycles. The standard InChI is InChI=1S/C18H21Cl2N3O2/c1-17(2,16(24)22-8-10-23-9-7-21-12-23)25-14-5-3-13(4-6-14)15-11-18(15,19)20/h3-7,9,12,15H,8,10-11H2,1-2H3,(H,22,24)/t15-/m0/s1. The lowest BCUT2D eigenvalue weighted by atomic mass is 10.1. The van der Waals surface area contributed by atoms with Crippen LogP contribution in [0.4, 0.5) is 0 Å². The number of ether oxygens (including phenoxy) is 1. The molecule has 0 aliphatic heterocycles. The van der Waals surface area contributed by atoms with Crippen LogP contribution < -0.4 is 10.1 Å². The number of carbonyl (C=O) groups is 1. The number of benzene rings is 1. The van der Waals surface area contributed by atoms with Gasteiger partial charge in [-0.2, -0.15) is 0 Å². The van der Waals surface area contributed by atoms with E-state index in [0.717, 1.165) is 12.0 Å². The quantitative estimate of drug-likeness (QED) is 0.746. The number of carbonyl (C=O) groups excluding carboxylic acids is 1. The van der Waals surface area contributed by atoms with Crippen LogP contribution in [0.5, 0.6) is 5.75 Å². The minimum absolute atomic E-state index is 0.167. The third-order valence-electron chi connectivity index (χ3n) is 4.24. The van der Waals surface area contributed by atoms with Crippen molar-refractivity contribution in [2.45, 2.75) is 42.7 Å². The van der Waals surface area contributed by atoms with Crippen molar-refractivity contribution in [3.63, 3.8) is 0 Å². The lowest BCUT2D eigenvalue weighted by molar-refractivity contribution is -0.134. The Morgan fingerprint density at radius 2 is 2.08 bits per heavy atom. The topological polar surface area (TPSA) is 56.1 Å². The highest BCUT2D eigenvalue weighted by molar-refractivity contribution is 6.51. The minimum atomic E-state index is -0.973.